The number of aromatic nitrogens is 2. The van der Waals surface area contributed by atoms with E-state index in [4.69, 9.17) is 4.74 Å². The van der Waals surface area contributed by atoms with Crippen LogP contribution in [0.4, 0.5) is 5.82 Å². The van der Waals surface area contributed by atoms with Crippen molar-refractivity contribution in [2.24, 2.45) is 5.92 Å². The van der Waals surface area contributed by atoms with Crippen LogP contribution in [0.5, 0.6) is 0 Å². The summed E-state index contributed by atoms with van der Waals surface area (Å²) >= 11 is 2.31. The molecule has 1 aliphatic heterocycles. The largest absolute Gasteiger partial charge is 0.381 e. The van der Waals surface area contributed by atoms with Gasteiger partial charge in [-0.3, -0.25) is 0 Å². The highest BCUT2D eigenvalue weighted by atomic mass is 127. The summed E-state index contributed by atoms with van der Waals surface area (Å²) in [7, 11) is 1.91. The van der Waals surface area contributed by atoms with E-state index < -0.39 is 0 Å². The van der Waals surface area contributed by atoms with Crippen molar-refractivity contribution in [3.63, 3.8) is 0 Å². The monoisotopic (exact) mass is 347 g/mol. The Hall–Kier alpha value is -0.430. The molecule has 2 heterocycles. The second-order valence-electron chi connectivity index (χ2n) is 4.29. The quantitative estimate of drug-likeness (QED) is 0.849. The van der Waals surface area contributed by atoms with Crippen LogP contribution in [-0.2, 0) is 17.6 Å². The third-order valence-electron chi connectivity index (χ3n) is 3.03. The first-order chi connectivity index (χ1) is 8.24. The molecular weight excluding hydrogens is 329 g/mol. The zero-order valence-electron chi connectivity index (χ0n) is 10.3. The highest BCUT2D eigenvalue weighted by molar-refractivity contribution is 14.1. The summed E-state index contributed by atoms with van der Waals surface area (Å²) in [5, 5.41) is 3.15. The first-order valence-corrected chi connectivity index (χ1v) is 7.13. The van der Waals surface area contributed by atoms with Crippen molar-refractivity contribution in [1.29, 1.82) is 0 Å². The van der Waals surface area contributed by atoms with Gasteiger partial charge in [-0.2, -0.15) is 0 Å². The fourth-order valence-electron chi connectivity index (χ4n) is 2.04. The summed E-state index contributed by atoms with van der Waals surface area (Å²) in [6, 6.07) is 0. The Morgan fingerprint density at radius 1 is 1.47 bits per heavy atom. The smallest absolute Gasteiger partial charge is 0.143 e. The Bertz CT molecular complexity index is 366. The fourth-order valence-corrected chi connectivity index (χ4v) is 2.93. The lowest BCUT2D eigenvalue weighted by Crippen LogP contribution is -2.11. The molecule has 4 nitrogen and oxygen atoms in total. The number of anilines is 1. The molecule has 94 valence electrons. The third-order valence-corrected chi connectivity index (χ3v) is 4.17. The van der Waals surface area contributed by atoms with E-state index in [2.05, 4.69) is 44.8 Å². The number of hydrogen-bond acceptors (Lipinski definition) is 4. The number of hydrogen-bond donors (Lipinski definition) is 1. The van der Waals surface area contributed by atoms with Crippen LogP contribution in [0.25, 0.3) is 0 Å². The molecule has 1 saturated heterocycles. The standard InChI is InChI=1S/C12H18IN3O/c1-3-9-11(13)12(14-2)16-10(15-9)6-8-4-5-17-7-8/h8H,3-7H2,1-2H3,(H,14,15,16). The Morgan fingerprint density at radius 3 is 2.88 bits per heavy atom. The number of nitrogens with one attached hydrogen (secondary N) is 1. The van der Waals surface area contributed by atoms with Gasteiger partial charge in [-0.25, -0.2) is 9.97 Å². The summed E-state index contributed by atoms with van der Waals surface area (Å²) < 4.78 is 6.53. The van der Waals surface area contributed by atoms with Gasteiger partial charge in [0.05, 0.1) is 9.26 Å². The average molecular weight is 347 g/mol. The van der Waals surface area contributed by atoms with Crippen molar-refractivity contribution >= 4 is 28.4 Å². The maximum atomic E-state index is 5.39. The van der Waals surface area contributed by atoms with Crippen LogP contribution in [0.1, 0.15) is 24.9 Å². The first-order valence-electron chi connectivity index (χ1n) is 6.05. The van der Waals surface area contributed by atoms with Crippen LogP contribution in [0, 0.1) is 9.49 Å². The van der Waals surface area contributed by atoms with Gasteiger partial charge in [-0.05, 0) is 41.4 Å². The van der Waals surface area contributed by atoms with Crippen molar-refractivity contribution in [3.8, 4) is 0 Å². The molecule has 1 unspecified atom stereocenters. The van der Waals surface area contributed by atoms with E-state index in [1.165, 1.54) is 0 Å². The molecule has 1 N–H and O–H groups in total. The summed E-state index contributed by atoms with van der Waals surface area (Å²) in [5.74, 6) is 2.48. The molecule has 0 aromatic carbocycles. The predicted octanol–water partition coefficient (Wildman–Crippen LogP) is 2.26. The van der Waals surface area contributed by atoms with E-state index in [1.807, 2.05) is 7.05 Å². The molecule has 0 aliphatic carbocycles. The Labute approximate surface area is 116 Å². The number of nitrogens with zero attached hydrogens (tertiary/aromatic N) is 2. The normalized spacial score (nSPS) is 19.6. The minimum absolute atomic E-state index is 0.587. The van der Waals surface area contributed by atoms with Gasteiger partial charge in [0.25, 0.3) is 0 Å². The molecule has 0 saturated carbocycles. The lowest BCUT2D eigenvalue weighted by molar-refractivity contribution is 0.185. The summed E-state index contributed by atoms with van der Waals surface area (Å²) in [6.45, 7) is 3.87. The Morgan fingerprint density at radius 2 is 2.29 bits per heavy atom. The lowest BCUT2D eigenvalue weighted by Gasteiger charge is -2.12. The molecule has 1 fully saturated rings. The Balaban J connectivity index is 2.21. The van der Waals surface area contributed by atoms with Gasteiger partial charge in [-0.15, -0.1) is 0 Å². The van der Waals surface area contributed by atoms with Crippen molar-refractivity contribution in [3.05, 3.63) is 15.1 Å². The zero-order chi connectivity index (χ0) is 12.3. The second kappa shape index (κ2) is 5.95. The Kier molecular flexibility index (Phi) is 4.55. The average Bonchev–Trinajstić information content (AvgIpc) is 2.84. The van der Waals surface area contributed by atoms with E-state index in [0.29, 0.717) is 5.92 Å². The van der Waals surface area contributed by atoms with Crippen LogP contribution >= 0.6 is 22.6 Å². The summed E-state index contributed by atoms with van der Waals surface area (Å²) in [5.41, 5.74) is 1.14. The maximum absolute atomic E-state index is 5.39. The fraction of sp³-hybridized carbons (Fsp3) is 0.667. The molecule has 1 aliphatic rings. The van der Waals surface area contributed by atoms with E-state index in [0.717, 1.165) is 53.4 Å². The topological polar surface area (TPSA) is 47.0 Å². The van der Waals surface area contributed by atoms with Gasteiger partial charge in [-0.1, -0.05) is 6.92 Å². The molecule has 0 spiro atoms. The number of ether oxygens (including phenoxy) is 1. The molecule has 5 heteroatoms. The molecule has 0 radical (unpaired) electrons. The molecule has 1 atom stereocenters. The number of aryl methyl sites for hydroxylation is 1. The van der Waals surface area contributed by atoms with Gasteiger partial charge in [0.15, 0.2) is 0 Å². The minimum Gasteiger partial charge on any atom is -0.381 e. The van der Waals surface area contributed by atoms with Gasteiger partial charge in [0.2, 0.25) is 0 Å². The SMILES string of the molecule is CCc1nc(CC2CCOC2)nc(NC)c1I. The van der Waals surface area contributed by atoms with Crippen LogP contribution in [0.2, 0.25) is 0 Å². The highest BCUT2D eigenvalue weighted by Crippen LogP contribution is 2.22. The van der Waals surface area contributed by atoms with Crippen LogP contribution in [0.15, 0.2) is 0 Å². The highest BCUT2D eigenvalue weighted by Gasteiger charge is 2.19. The maximum Gasteiger partial charge on any atom is 0.143 e. The van der Waals surface area contributed by atoms with Crippen molar-refractivity contribution in [2.75, 3.05) is 25.6 Å². The number of halogens is 1. The van der Waals surface area contributed by atoms with Crippen LogP contribution in [0.3, 0.4) is 0 Å². The van der Waals surface area contributed by atoms with E-state index in [1.54, 1.807) is 0 Å². The van der Waals surface area contributed by atoms with E-state index in [9.17, 15) is 0 Å². The molecule has 0 amide bonds. The summed E-state index contributed by atoms with van der Waals surface area (Å²) in [4.78, 5) is 9.23. The zero-order valence-corrected chi connectivity index (χ0v) is 12.5. The van der Waals surface area contributed by atoms with Gasteiger partial charge in [0, 0.05) is 26.7 Å². The molecule has 1 aromatic heterocycles. The molecular formula is C12H18IN3O. The second-order valence-corrected chi connectivity index (χ2v) is 5.37. The minimum atomic E-state index is 0.587. The van der Waals surface area contributed by atoms with Crippen molar-refractivity contribution in [2.45, 2.75) is 26.2 Å². The predicted molar refractivity (Wildman–Crippen MR) is 76.3 cm³/mol. The molecule has 17 heavy (non-hydrogen) atoms. The van der Waals surface area contributed by atoms with Crippen LogP contribution in [-0.4, -0.2) is 30.2 Å². The molecule has 1 aromatic rings. The first kappa shape index (κ1) is 13.0. The van der Waals surface area contributed by atoms with Crippen molar-refractivity contribution < 1.29 is 4.74 Å². The van der Waals surface area contributed by atoms with Crippen molar-refractivity contribution in [1.82, 2.24) is 9.97 Å². The van der Waals surface area contributed by atoms with E-state index >= 15 is 0 Å². The molecule has 2 rings (SSSR count). The van der Waals surface area contributed by atoms with E-state index in [-0.39, 0.29) is 0 Å². The van der Waals surface area contributed by atoms with Gasteiger partial charge in [0.1, 0.15) is 11.6 Å². The third kappa shape index (κ3) is 3.07. The summed E-state index contributed by atoms with van der Waals surface area (Å²) in [6.07, 6.45) is 3.01. The van der Waals surface area contributed by atoms with Crippen LogP contribution < -0.4 is 5.32 Å². The van der Waals surface area contributed by atoms with Gasteiger partial charge >= 0.3 is 0 Å². The number of rotatable bonds is 4. The van der Waals surface area contributed by atoms with Gasteiger partial charge < -0.3 is 10.1 Å². The molecule has 0 bridgehead atoms. The lowest BCUT2D eigenvalue weighted by atomic mass is 10.0.